The standard InChI is InChI=1S/C25H32FN9O/c1-36-23-14-28-25(31-24(23)27-13-17-5-4-10-34-9-3-2-6-21(17)34)30-20-12-22(35-15-29-32-33-35)18(11-19(20)26)16-7-8-16/h11-12,14-17,21H,2-10,13H2,1H3,(H2,27,28,30,31)/t17-,21+/m0/s1. The average molecular weight is 494 g/mol. The van der Waals surface area contributed by atoms with Crippen LogP contribution in [0.25, 0.3) is 5.69 Å². The molecule has 1 aliphatic carbocycles. The first-order valence-electron chi connectivity index (χ1n) is 12.9. The van der Waals surface area contributed by atoms with Crippen molar-refractivity contribution < 1.29 is 9.13 Å². The number of rotatable bonds is 8. The Morgan fingerprint density at radius 3 is 2.81 bits per heavy atom. The van der Waals surface area contributed by atoms with Gasteiger partial charge in [0, 0.05) is 12.6 Å². The Hall–Kier alpha value is -3.34. The van der Waals surface area contributed by atoms with Gasteiger partial charge < -0.3 is 20.3 Å². The van der Waals surface area contributed by atoms with E-state index in [1.165, 1.54) is 51.5 Å². The molecule has 0 bridgehead atoms. The smallest absolute Gasteiger partial charge is 0.229 e. The summed E-state index contributed by atoms with van der Waals surface area (Å²) in [5, 5.41) is 18.1. The van der Waals surface area contributed by atoms with E-state index in [1.54, 1.807) is 30.1 Å². The van der Waals surface area contributed by atoms with Gasteiger partial charge in [0.25, 0.3) is 0 Å². The maximum atomic E-state index is 15.1. The van der Waals surface area contributed by atoms with Crippen molar-refractivity contribution >= 4 is 17.5 Å². The molecule has 6 rings (SSSR count). The third-order valence-electron chi connectivity index (χ3n) is 7.71. The van der Waals surface area contributed by atoms with Crippen LogP contribution < -0.4 is 15.4 Å². The molecule has 0 amide bonds. The van der Waals surface area contributed by atoms with Crippen LogP contribution in [0.4, 0.5) is 21.8 Å². The highest BCUT2D eigenvalue weighted by molar-refractivity contribution is 5.63. The third kappa shape index (κ3) is 4.71. The molecular weight excluding hydrogens is 461 g/mol. The van der Waals surface area contributed by atoms with Crippen LogP contribution in [-0.2, 0) is 0 Å². The molecule has 36 heavy (non-hydrogen) atoms. The Morgan fingerprint density at radius 2 is 2.00 bits per heavy atom. The molecule has 2 aliphatic heterocycles. The Labute approximate surface area is 209 Å². The van der Waals surface area contributed by atoms with Gasteiger partial charge in [-0.25, -0.2) is 14.1 Å². The summed E-state index contributed by atoms with van der Waals surface area (Å²) in [6, 6.07) is 3.92. The van der Waals surface area contributed by atoms with Crippen LogP contribution in [0.15, 0.2) is 24.7 Å². The lowest BCUT2D eigenvalue weighted by Crippen LogP contribution is -2.49. The van der Waals surface area contributed by atoms with E-state index in [9.17, 15) is 0 Å². The second-order valence-corrected chi connectivity index (χ2v) is 10.0. The van der Waals surface area contributed by atoms with Gasteiger partial charge in [0.1, 0.15) is 12.1 Å². The van der Waals surface area contributed by atoms with Crippen LogP contribution in [0.3, 0.4) is 0 Å². The molecule has 2 N–H and O–H groups in total. The van der Waals surface area contributed by atoms with E-state index in [2.05, 4.69) is 41.0 Å². The molecule has 0 unspecified atom stereocenters. The number of piperidine rings is 2. The van der Waals surface area contributed by atoms with Crippen molar-refractivity contribution in [3.05, 3.63) is 36.0 Å². The van der Waals surface area contributed by atoms with Crippen LogP contribution in [-0.4, -0.2) is 67.9 Å². The molecule has 4 heterocycles. The van der Waals surface area contributed by atoms with Crippen LogP contribution in [0, 0.1) is 11.7 Å². The van der Waals surface area contributed by atoms with Crippen molar-refractivity contribution in [2.75, 3.05) is 37.4 Å². The fraction of sp³-hybridized carbons (Fsp3) is 0.560. The third-order valence-corrected chi connectivity index (χ3v) is 7.71. The molecule has 1 aromatic carbocycles. The predicted octanol–water partition coefficient (Wildman–Crippen LogP) is 3.90. The number of hydrogen-bond donors (Lipinski definition) is 2. The van der Waals surface area contributed by atoms with E-state index in [1.807, 2.05) is 0 Å². The zero-order chi connectivity index (χ0) is 24.5. The molecule has 0 radical (unpaired) electrons. The van der Waals surface area contributed by atoms with Crippen LogP contribution in [0.1, 0.15) is 56.4 Å². The molecule has 2 saturated heterocycles. The number of methoxy groups -OCH3 is 1. The largest absolute Gasteiger partial charge is 0.491 e. The molecule has 0 spiro atoms. The fourth-order valence-electron chi connectivity index (χ4n) is 5.73. The molecule has 2 aromatic heterocycles. The summed E-state index contributed by atoms with van der Waals surface area (Å²) in [6.45, 7) is 3.25. The van der Waals surface area contributed by atoms with Gasteiger partial charge in [0.05, 0.1) is 24.7 Å². The van der Waals surface area contributed by atoms with E-state index in [4.69, 9.17) is 4.74 Å². The summed E-state index contributed by atoms with van der Waals surface area (Å²) in [4.78, 5) is 11.7. The van der Waals surface area contributed by atoms with Gasteiger partial charge in [-0.05, 0) is 91.6 Å². The number of aromatic nitrogens is 6. The molecule has 3 fully saturated rings. The minimum Gasteiger partial charge on any atom is -0.491 e. The number of halogens is 1. The summed E-state index contributed by atoms with van der Waals surface area (Å²) in [7, 11) is 1.61. The van der Waals surface area contributed by atoms with Gasteiger partial charge in [0.2, 0.25) is 5.95 Å². The van der Waals surface area contributed by atoms with E-state index in [-0.39, 0.29) is 11.5 Å². The number of ether oxygens (including phenoxy) is 1. The first-order chi connectivity index (χ1) is 17.7. The normalized spacial score (nSPS) is 22.2. The Morgan fingerprint density at radius 1 is 1.11 bits per heavy atom. The summed E-state index contributed by atoms with van der Waals surface area (Å²) in [5.41, 5.74) is 1.94. The molecule has 1 saturated carbocycles. The topological polar surface area (TPSA) is 106 Å². The van der Waals surface area contributed by atoms with Gasteiger partial charge in [-0.1, -0.05) is 6.42 Å². The minimum atomic E-state index is -0.359. The predicted molar refractivity (Wildman–Crippen MR) is 133 cm³/mol. The molecule has 2 atom stereocenters. The second-order valence-electron chi connectivity index (χ2n) is 10.0. The number of nitrogens with one attached hydrogen (secondary N) is 2. The average Bonchev–Trinajstić information content (AvgIpc) is 3.62. The van der Waals surface area contributed by atoms with Crippen molar-refractivity contribution in [1.29, 1.82) is 0 Å². The number of tetrazole rings is 1. The van der Waals surface area contributed by atoms with Gasteiger partial charge in [-0.3, -0.25) is 0 Å². The number of anilines is 3. The Kier molecular flexibility index (Phi) is 6.39. The lowest BCUT2D eigenvalue weighted by Gasteiger charge is -2.44. The SMILES string of the molecule is COc1cnc(Nc2cc(-n3cnnn3)c(C3CC3)cc2F)nc1NC[C@@H]1CCCN2CCCC[C@H]12. The summed E-state index contributed by atoms with van der Waals surface area (Å²) >= 11 is 0. The Bertz CT molecular complexity index is 1200. The number of hydrogen-bond acceptors (Lipinski definition) is 9. The molecule has 10 nitrogen and oxygen atoms in total. The zero-order valence-corrected chi connectivity index (χ0v) is 20.5. The van der Waals surface area contributed by atoms with Gasteiger partial charge in [-0.15, -0.1) is 5.10 Å². The Balaban J connectivity index is 1.22. The van der Waals surface area contributed by atoms with Crippen LogP contribution >= 0.6 is 0 Å². The molecule has 3 aromatic rings. The maximum absolute atomic E-state index is 15.1. The molecule has 11 heteroatoms. The van der Waals surface area contributed by atoms with Gasteiger partial charge in [0.15, 0.2) is 11.6 Å². The van der Waals surface area contributed by atoms with E-state index >= 15 is 4.39 Å². The molecule has 3 aliphatic rings. The lowest BCUT2D eigenvalue weighted by atomic mass is 9.83. The van der Waals surface area contributed by atoms with Crippen LogP contribution in [0.2, 0.25) is 0 Å². The monoisotopic (exact) mass is 493 g/mol. The maximum Gasteiger partial charge on any atom is 0.229 e. The second kappa shape index (κ2) is 9.96. The first kappa shape index (κ1) is 23.1. The van der Waals surface area contributed by atoms with E-state index < -0.39 is 0 Å². The number of fused-ring (bicyclic) bond motifs is 1. The molecule has 190 valence electrons. The van der Waals surface area contributed by atoms with Crippen molar-refractivity contribution in [2.24, 2.45) is 5.92 Å². The number of nitrogens with zero attached hydrogens (tertiary/aromatic N) is 7. The zero-order valence-electron chi connectivity index (χ0n) is 20.5. The van der Waals surface area contributed by atoms with Crippen molar-refractivity contribution in [3.8, 4) is 11.4 Å². The quantitative estimate of drug-likeness (QED) is 0.483. The van der Waals surface area contributed by atoms with E-state index in [0.717, 1.165) is 30.6 Å². The van der Waals surface area contributed by atoms with Gasteiger partial charge >= 0.3 is 0 Å². The summed E-state index contributed by atoms with van der Waals surface area (Å²) in [5.74, 6) is 2.01. The number of benzene rings is 1. The summed E-state index contributed by atoms with van der Waals surface area (Å²) < 4.78 is 22.2. The van der Waals surface area contributed by atoms with Crippen molar-refractivity contribution in [3.63, 3.8) is 0 Å². The van der Waals surface area contributed by atoms with Crippen LogP contribution in [0.5, 0.6) is 5.75 Å². The highest BCUT2D eigenvalue weighted by Gasteiger charge is 2.33. The van der Waals surface area contributed by atoms with Crippen molar-refractivity contribution in [2.45, 2.75) is 56.9 Å². The lowest BCUT2D eigenvalue weighted by molar-refractivity contribution is 0.0649. The minimum absolute atomic E-state index is 0.270. The highest BCUT2D eigenvalue weighted by atomic mass is 19.1. The fourth-order valence-corrected chi connectivity index (χ4v) is 5.73. The van der Waals surface area contributed by atoms with Gasteiger partial charge in [-0.2, -0.15) is 4.98 Å². The highest BCUT2D eigenvalue weighted by Crippen LogP contribution is 2.44. The first-order valence-corrected chi connectivity index (χ1v) is 12.9. The summed E-state index contributed by atoms with van der Waals surface area (Å²) in [6.07, 6.45) is 11.5. The van der Waals surface area contributed by atoms with Crippen molar-refractivity contribution in [1.82, 2.24) is 35.1 Å². The molecular formula is C25H32FN9O. The van der Waals surface area contributed by atoms with E-state index in [0.29, 0.717) is 35.4 Å².